The molecule has 0 aliphatic carbocycles. The maximum absolute atomic E-state index is 12.1. The molecule has 4 aliphatic heterocycles. The third-order valence-electron chi connectivity index (χ3n) is 6.26. The van der Waals surface area contributed by atoms with Gasteiger partial charge in [-0.05, 0) is 18.2 Å². The lowest BCUT2D eigenvalue weighted by molar-refractivity contribution is -0.191. The summed E-state index contributed by atoms with van der Waals surface area (Å²) in [6.07, 6.45) is -1.35. The number of carbonyl (C=O) groups excluding carboxylic acids is 1. The topological polar surface area (TPSA) is 100 Å². The summed E-state index contributed by atoms with van der Waals surface area (Å²) in [7, 11) is 1.58. The van der Waals surface area contributed by atoms with Crippen molar-refractivity contribution in [1.29, 1.82) is 0 Å². The minimum atomic E-state index is -1.14. The van der Waals surface area contributed by atoms with Gasteiger partial charge < -0.3 is 42.6 Å². The molecule has 4 atom stereocenters. The first-order valence-corrected chi connectivity index (χ1v) is 10.5. The minimum absolute atomic E-state index is 0.0920. The zero-order chi connectivity index (χ0) is 22.6. The molecule has 0 amide bonds. The van der Waals surface area contributed by atoms with Gasteiger partial charge >= 0.3 is 5.97 Å². The van der Waals surface area contributed by atoms with Crippen LogP contribution in [-0.2, 0) is 19.0 Å². The second-order valence-electron chi connectivity index (χ2n) is 8.13. The molecule has 6 rings (SSSR count). The fourth-order valence-electron chi connectivity index (χ4n) is 4.78. The summed E-state index contributed by atoms with van der Waals surface area (Å²) >= 11 is 0. The van der Waals surface area contributed by atoms with Gasteiger partial charge in [0.15, 0.2) is 23.0 Å². The minimum Gasteiger partial charge on any atom is -0.496 e. The van der Waals surface area contributed by atoms with E-state index in [1.807, 2.05) is 6.07 Å². The van der Waals surface area contributed by atoms with E-state index in [4.69, 9.17) is 42.6 Å². The molecular weight excluding hydrogens is 436 g/mol. The predicted octanol–water partition coefficient (Wildman–Crippen LogP) is 2.58. The summed E-state index contributed by atoms with van der Waals surface area (Å²) < 4.78 is 51.6. The fraction of sp³-hybridized carbons (Fsp3) is 0.435. The third-order valence-corrected chi connectivity index (χ3v) is 6.26. The van der Waals surface area contributed by atoms with Crippen molar-refractivity contribution in [1.82, 2.24) is 0 Å². The van der Waals surface area contributed by atoms with Crippen LogP contribution in [0.4, 0.5) is 0 Å². The molecule has 0 saturated carbocycles. The molecule has 2 saturated heterocycles. The number of carbonyl (C=O) groups is 1. The Kier molecular flexibility index (Phi) is 4.66. The van der Waals surface area contributed by atoms with Gasteiger partial charge in [-0.25, -0.2) is 0 Å². The Balaban J connectivity index is 1.32. The number of methoxy groups -OCH3 is 1. The lowest BCUT2D eigenvalue weighted by Crippen LogP contribution is -2.50. The Hall–Kier alpha value is -3.37. The van der Waals surface area contributed by atoms with Crippen molar-refractivity contribution in [3.63, 3.8) is 0 Å². The van der Waals surface area contributed by atoms with Gasteiger partial charge in [-0.2, -0.15) is 0 Å². The highest BCUT2D eigenvalue weighted by molar-refractivity contribution is 5.67. The molecule has 0 radical (unpaired) electrons. The first-order chi connectivity index (χ1) is 16.1. The summed E-state index contributed by atoms with van der Waals surface area (Å²) in [5, 5.41) is 0. The van der Waals surface area contributed by atoms with Crippen molar-refractivity contribution in [3.05, 3.63) is 35.9 Å². The highest BCUT2D eigenvalue weighted by Gasteiger charge is 2.64. The highest BCUT2D eigenvalue weighted by atomic mass is 16.7. The lowest BCUT2D eigenvalue weighted by Gasteiger charge is -2.32. The van der Waals surface area contributed by atoms with Gasteiger partial charge in [-0.1, -0.05) is 0 Å². The molecule has 4 aliphatic rings. The van der Waals surface area contributed by atoms with Crippen molar-refractivity contribution >= 4 is 5.97 Å². The molecule has 2 fully saturated rings. The summed E-state index contributed by atoms with van der Waals surface area (Å²) in [6, 6.07) is 8.83. The van der Waals surface area contributed by atoms with Gasteiger partial charge in [0.05, 0.1) is 32.3 Å². The highest BCUT2D eigenvalue weighted by Crippen LogP contribution is 2.53. The van der Waals surface area contributed by atoms with Crippen molar-refractivity contribution in [2.75, 3.05) is 33.9 Å². The Morgan fingerprint density at radius 2 is 1.70 bits per heavy atom. The number of fused-ring (bicyclic) bond motifs is 3. The van der Waals surface area contributed by atoms with Crippen LogP contribution in [0.3, 0.4) is 0 Å². The summed E-state index contributed by atoms with van der Waals surface area (Å²) in [5.41, 5.74) is -0.387. The molecule has 2 aromatic carbocycles. The molecule has 10 heteroatoms. The number of esters is 1. The van der Waals surface area contributed by atoms with Crippen LogP contribution in [0.15, 0.2) is 30.3 Å². The van der Waals surface area contributed by atoms with E-state index in [-0.39, 0.29) is 32.7 Å². The average molecular weight is 458 g/mol. The van der Waals surface area contributed by atoms with Gasteiger partial charge in [0.25, 0.3) is 0 Å². The SMILES string of the molecule is COc1cc2c(cc1C1OCC3(OC(C)=O)C(Oc4ccc5c(c4)OCO5)OCC13)OCO2. The Morgan fingerprint density at radius 3 is 2.45 bits per heavy atom. The Bertz CT molecular complexity index is 1100. The van der Waals surface area contributed by atoms with Crippen LogP contribution in [0.2, 0.25) is 0 Å². The van der Waals surface area contributed by atoms with Crippen LogP contribution < -0.4 is 28.4 Å². The van der Waals surface area contributed by atoms with E-state index in [1.54, 1.807) is 31.4 Å². The summed E-state index contributed by atoms with van der Waals surface area (Å²) in [4.78, 5) is 12.1. The van der Waals surface area contributed by atoms with Crippen LogP contribution in [0, 0.1) is 5.92 Å². The van der Waals surface area contributed by atoms with E-state index in [2.05, 4.69) is 0 Å². The van der Waals surface area contributed by atoms with Crippen LogP contribution in [0.25, 0.3) is 0 Å². The largest absolute Gasteiger partial charge is 0.496 e. The molecule has 4 unspecified atom stereocenters. The number of benzene rings is 2. The quantitative estimate of drug-likeness (QED) is 0.622. The van der Waals surface area contributed by atoms with Crippen LogP contribution in [0.1, 0.15) is 18.6 Å². The van der Waals surface area contributed by atoms with Gasteiger partial charge in [0.1, 0.15) is 11.5 Å². The number of hydrogen-bond acceptors (Lipinski definition) is 10. The van der Waals surface area contributed by atoms with E-state index in [9.17, 15) is 4.79 Å². The molecule has 33 heavy (non-hydrogen) atoms. The summed E-state index contributed by atoms with van der Waals surface area (Å²) in [6.45, 7) is 2.00. The molecule has 0 spiro atoms. The summed E-state index contributed by atoms with van der Waals surface area (Å²) in [5.74, 6) is 2.72. The van der Waals surface area contributed by atoms with Gasteiger partial charge in [-0.3, -0.25) is 4.79 Å². The molecule has 174 valence electrons. The lowest BCUT2D eigenvalue weighted by atomic mass is 9.85. The van der Waals surface area contributed by atoms with E-state index in [1.165, 1.54) is 6.92 Å². The molecule has 0 N–H and O–H groups in total. The van der Waals surface area contributed by atoms with Crippen molar-refractivity contribution in [2.24, 2.45) is 5.92 Å². The van der Waals surface area contributed by atoms with Crippen LogP contribution >= 0.6 is 0 Å². The zero-order valence-electron chi connectivity index (χ0n) is 18.0. The number of hydrogen-bond donors (Lipinski definition) is 0. The molecule has 10 nitrogen and oxygen atoms in total. The Labute approximate surface area is 189 Å². The van der Waals surface area contributed by atoms with Gasteiger partial charge in [0.2, 0.25) is 25.5 Å². The smallest absolute Gasteiger partial charge is 0.303 e. The molecule has 4 heterocycles. The van der Waals surface area contributed by atoms with Crippen molar-refractivity contribution in [3.8, 4) is 34.5 Å². The predicted molar refractivity (Wildman–Crippen MR) is 109 cm³/mol. The van der Waals surface area contributed by atoms with Crippen molar-refractivity contribution < 1.29 is 47.4 Å². The molecule has 0 aromatic heterocycles. The van der Waals surface area contributed by atoms with E-state index in [0.29, 0.717) is 34.5 Å². The second kappa shape index (κ2) is 7.60. The van der Waals surface area contributed by atoms with Crippen LogP contribution in [-0.4, -0.2) is 51.8 Å². The molecular formula is C23H22O10. The number of ether oxygens (including phenoxy) is 9. The molecule has 0 bridgehead atoms. The van der Waals surface area contributed by atoms with E-state index < -0.39 is 24.0 Å². The van der Waals surface area contributed by atoms with E-state index >= 15 is 0 Å². The maximum Gasteiger partial charge on any atom is 0.303 e. The fourth-order valence-corrected chi connectivity index (χ4v) is 4.78. The van der Waals surface area contributed by atoms with Gasteiger partial charge in [-0.15, -0.1) is 0 Å². The normalized spacial score (nSPS) is 28.5. The Morgan fingerprint density at radius 1 is 0.970 bits per heavy atom. The van der Waals surface area contributed by atoms with Crippen molar-refractivity contribution in [2.45, 2.75) is 24.9 Å². The maximum atomic E-state index is 12.1. The van der Waals surface area contributed by atoms with Gasteiger partial charge in [0, 0.05) is 24.6 Å². The monoisotopic (exact) mass is 458 g/mol. The average Bonchev–Trinajstić information content (AvgIpc) is 3.57. The number of rotatable bonds is 5. The standard InChI is InChI=1S/C23H22O10/c1-12(24)33-23-9-27-21(14-6-19-20(31-11-30-19)7-17(14)25-2)15(23)8-26-22(23)32-13-3-4-16-18(5-13)29-10-28-16/h3-7,15,21-22H,8-11H2,1-2H3. The third kappa shape index (κ3) is 3.20. The zero-order valence-corrected chi connectivity index (χ0v) is 18.0. The first kappa shape index (κ1) is 20.3. The molecule has 2 aromatic rings. The second-order valence-corrected chi connectivity index (χ2v) is 8.13. The van der Waals surface area contributed by atoms with E-state index in [0.717, 1.165) is 5.56 Å². The van der Waals surface area contributed by atoms with Crippen LogP contribution in [0.5, 0.6) is 34.5 Å². The first-order valence-electron chi connectivity index (χ1n) is 10.5.